The van der Waals surface area contributed by atoms with Gasteiger partial charge in [0.05, 0.1) is 29.9 Å². The minimum Gasteiger partial charge on any atom is -0.453 e. The molecule has 7 rings (SSSR count). The third-order valence-corrected chi connectivity index (χ3v) is 7.89. The van der Waals surface area contributed by atoms with Crippen molar-refractivity contribution >= 4 is 23.3 Å². The van der Waals surface area contributed by atoms with Crippen molar-refractivity contribution in [2.45, 2.75) is 24.8 Å². The molecule has 4 N–H and O–H groups in total. The normalized spacial score (nSPS) is 14.4. The number of methoxy groups -OCH3 is 1. The summed E-state index contributed by atoms with van der Waals surface area (Å²) >= 11 is 0. The number of nitrogens with one attached hydrogen (secondary N) is 2. The molecule has 0 saturated heterocycles. The highest BCUT2D eigenvalue weighted by Crippen LogP contribution is 2.45. The number of fused-ring (bicyclic) bond motifs is 5. The van der Waals surface area contributed by atoms with Crippen molar-refractivity contribution in [1.29, 1.82) is 0 Å². The fourth-order valence-corrected chi connectivity index (χ4v) is 5.58. The quantitative estimate of drug-likeness (QED) is 0.231. The van der Waals surface area contributed by atoms with Crippen LogP contribution in [0.4, 0.5) is 22.0 Å². The van der Waals surface area contributed by atoms with Gasteiger partial charge in [0.2, 0.25) is 0 Å². The van der Waals surface area contributed by atoms with Crippen molar-refractivity contribution < 1.29 is 9.53 Å². The summed E-state index contributed by atoms with van der Waals surface area (Å²) in [7, 11) is 1.34. The third-order valence-electron chi connectivity index (χ3n) is 7.89. The Hall–Kier alpha value is -4.95. The smallest absolute Gasteiger partial charge is 0.411 e. The van der Waals surface area contributed by atoms with Gasteiger partial charge in [-0.2, -0.15) is 0 Å². The molecular formula is C32H28N6O2. The van der Waals surface area contributed by atoms with Gasteiger partial charge in [-0.3, -0.25) is 9.88 Å². The number of carbonyl (C=O) groups is 1. The zero-order valence-electron chi connectivity index (χ0n) is 22.0. The molecule has 2 aromatic heterocycles. The van der Waals surface area contributed by atoms with Gasteiger partial charge < -0.3 is 15.8 Å². The molecule has 40 heavy (non-hydrogen) atoms. The van der Waals surface area contributed by atoms with Gasteiger partial charge in [0, 0.05) is 34.1 Å². The zero-order chi connectivity index (χ0) is 27.3. The van der Waals surface area contributed by atoms with E-state index in [9.17, 15) is 4.79 Å². The summed E-state index contributed by atoms with van der Waals surface area (Å²) in [5.74, 6) is 1.57. The highest BCUT2D eigenvalue weighted by atomic mass is 16.5. The maximum atomic E-state index is 11.7. The molecule has 8 nitrogen and oxygen atoms in total. The molecule has 1 saturated carbocycles. The molecule has 8 heteroatoms. The maximum absolute atomic E-state index is 11.7. The minimum atomic E-state index is -0.514. The SMILES string of the molecule is COC(=O)Nc1ccc(-c2nc3n(c2-c2ccc(C4(N)CCC4)cc2)-c2cccnc2Nc2ccccc2-3)cc1. The number of carbonyl (C=O) groups excluding carboxylic acids is 1. The molecule has 0 unspecified atom stereocenters. The van der Waals surface area contributed by atoms with E-state index in [0.29, 0.717) is 5.69 Å². The number of pyridine rings is 1. The first kappa shape index (κ1) is 24.1. The number of nitrogens with zero attached hydrogens (tertiary/aromatic N) is 3. The second kappa shape index (κ2) is 9.36. The summed E-state index contributed by atoms with van der Waals surface area (Å²) in [6.45, 7) is 0. The van der Waals surface area contributed by atoms with Gasteiger partial charge in [-0.1, -0.05) is 48.5 Å². The summed E-state index contributed by atoms with van der Waals surface area (Å²) in [6.07, 6.45) is 4.45. The van der Waals surface area contributed by atoms with Crippen molar-refractivity contribution in [3.05, 3.63) is 96.7 Å². The van der Waals surface area contributed by atoms with Gasteiger partial charge in [-0.05, 0) is 61.2 Å². The summed E-state index contributed by atoms with van der Waals surface area (Å²) in [4.78, 5) is 21.7. The van der Waals surface area contributed by atoms with Crippen molar-refractivity contribution in [2.75, 3.05) is 17.7 Å². The number of nitrogens with two attached hydrogens (primary N) is 1. The molecule has 0 bridgehead atoms. The number of hydrogen-bond donors (Lipinski definition) is 3. The number of rotatable bonds is 4. The molecule has 3 heterocycles. The van der Waals surface area contributed by atoms with E-state index in [1.165, 1.54) is 7.11 Å². The Morgan fingerprint density at radius 1 is 0.975 bits per heavy atom. The number of benzene rings is 3. The summed E-state index contributed by atoms with van der Waals surface area (Å²) in [6, 6.07) is 28.3. The molecule has 1 aliphatic carbocycles. The average Bonchev–Trinajstić information content (AvgIpc) is 3.31. The predicted octanol–water partition coefficient (Wildman–Crippen LogP) is 6.84. The van der Waals surface area contributed by atoms with Crippen LogP contribution in [-0.4, -0.2) is 27.7 Å². The van der Waals surface area contributed by atoms with E-state index >= 15 is 0 Å². The van der Waals surface area contributed by atoms with Crippen LogP contribution in [0.3, 0.4) is 0 Å². The lowest BCUT2D eigenvalue weighted by Gasteiger charge is -2.38. The molecule has 1 fully saturated rings. The lowest BCUT2D eigenvalue weighted by atomic mass is 9.72. The van der Waals surface area contributed by atoms with Crippen molar-refractivity contribution in [2.24, 2.45) is 5.73 Å². The van der Waals surface area contributed by atoms with E-state index in [4.69, 9.17) is 15.5 Å². The van der Waals surface area contributed by atoms with Crippen molar-refractivity contribution in [3.8, 4) is 39.6 Å². The molecule has 1 aliphatic heterocycles. The summed E-state index contributed by atoms with van der Waals surface area (Å²) in [5.41, 5.74) is 14.7. The lowest BCUT2D eigenvalue weighted by molar-refractivity contribution is 0.187. The summed E-state index contributed by atoms with van der Waals surface area (Å²) < 4.78 is 6.93. The number of hydrogen-bond acceptors (Lipinski definition) is 6. The Kier molecular flexibility index (Phi) is 5.64. The van der Waals surface area contributed by atoms with Crippen LogP contribution < -0.4 is 16.4 Å². The monoisotopic (exact) mass is 528 g/mol. The standard InChI is InChI=1S/C32H28N6O2/c1-40-31(39)35-23-15-11-20(12-16-23)27-28(21-9-13-22(14-10-21)32(33)17-5-18-32)38-26-8-4-19-34-29(26)36-25-7-3-2-6-24(25)30(38)37-27/h2-4,6-16,19H,5,17-18,33H2,1H3,(H,34,36)(H,35,39). The Labute approximate surface area is 231 Å². The van der Waals surface area contributed by atoms with Gasteiger partial charge in [-0.15, -0.1) is 0 Å². The fraction of sp³-hybridized carbons (Fsp3) is 0.156. The molecular weight excluding hydrogens is 500 g/mol. The first-order valence-electron chi connectivity index (χ1n) is 13.3. The summed E-state index contributed by atoms with van der Waals surface area (Å²) in [5, 5.41) is 6.22. The van der Waals surface area contributed by atoms with Crippen LogP contribution in [0.1, 0.15) is 24.8 Å². The number of anilines is 3. The second-order valence-corrected chi connectivity index (χ2v) is 10.3. The Morgan fingerprint density at radius 3 is 2.45 bits per heavy atom. The maximum Gasteiger partial charge on any atom is 0.411 e. The highest BCUT2D eigenvalue weighted by Gasteiger charge is 2.34. The van der Waals surface area contributed by atoms with Gasteiger partial charge in [0.25, 0.3) is 0 Å². The van der Waals surface area contributed by atoms with E-state index < -0.39 is 6.09 Å². The predicted molar refractivity (Wildman–Crippen MR) is 157 cm³/mol. The van der Waals surface area contributed by atoms with Crippen molar-refractivity contribution in [3.63, 3.8) is 0 Å². The van der Waals surface area contributed by atoms with Crippen LogP contribution in [-0.2, 0) is 10.3 Å². The van der Waals surface area contributed by atoms with E-state index in [-0.39, 0.29) is 5.54 Å². The number of para-hydroxylation sites is 1. The van der Waals surface area contributed by atoms with E-state index in [2.05, 4.69) is 56.6 Å². The lowest BCUT2D eigenvalue weighted by Crippen LogP contribution is -2.43. The molecule has 198 valence electrons. The molecule has 3 aromatic carbocycles. The number of ether oxygens (including phenoxy) is 1. The van der Waals surface area contributed by atoms with E-state index in [0.717, 1.165) is 75.9 Å². The van der Waals surface area contributed by atoms with Gasteiger partial charge in [0.15, 0.2) is 5.82 Å². The Bertz CT molecular complexity index is 1740. The first-order valence-corrected chi connectivity index (χ1v) is 13.3. The van der Waals surface area contributed by atoms with Crippen LogP contribution in [0.2, 0.25) is 0 Å². The van der Waals surface area contributed by atoms with Crippen LogP contribution in [0.5, 0.6) is 0 Å². The van der Waals surface area contributed by atoms with Gasteiger partial charge in [-0.25, -0.2) is 14.8 Å². The first-order chi connectivity index (χ1) is 19.5. The topological polar surface area (TPSA) is 107 Å². The zero-order valence-corrected chi connectivity index (χ0v) is 22.0. The molecule has 0 radical (unpaired) electrons. The molecule has 0 spiro atoms. The number of amides is 1. The second-order valence-electron chi connectivity index (χ2n) is 10.3. The van der Waals surface area contributed by atoms with Crippen LogP contribution in [0.25, 0.3) is 39.6 Å². The molecule has 5 aromatic rings. The van der Waals surface area contributed by atoms with Crippen LogP contribution >= 0.6 is 0 Å². The van der Waals surface area contributed by atoms with Crippen LogP contribution in [0.15, 0.2) is 91.1 Å². The molecule has 1 amide bonds. The van der Waals surface area contributed by atoms with E-state index in [1.807, 2.05) is 48.5 Å². The number of imidazole rings is 1. The average molecular weight is 529 g/mol. The Balaban J connectivity index is 1.46. The van der Waals surface area contributed by atoms with Crippen LogP contribution in [0, 0.1) is 0 Å². The van der Waals surface area contributed by atoms with Gasteiger partial charge >= 0.3 is 6.09 Å². The molecule has 0 atom stereocenters. The van der Waals surface area contributed by atoms with Gasteiger partial charge in [0.1, 0.15) is 5.82 Å². The van der Waals surface area contributed by atoms with Crippen molar-refractivity contribution in [1.82, 2.24) is 14.5 Å². The highest BCUT2D eigenvalue weighted by molar-refractivity contribution is 5.91. The number of aromatic nitrogens is 3. The largest absolute Gasteiger partial charge is 0.453 e. The van der Waals surface area contributed by atoms with E-state index in [1.54, 1.807) is 6.20 Å². The Morgan fingerprint density at radius 2 is 1.73 bits per heavy atom. The molecule has 2 aliphatic rings. The fourth-order valence-electron chi connectivity index (χ4n) is 5.58. The third kappa shape index (κ3) is 3.92. The minimum absolute atomic E-state index is 0.239.